The second-order valence-electron chi connectivity index (χ2n) is 6.57. The van der Waals surface area contributed by atoms with E-state index in [9.17, 15) is 4.79 Å². The van der Waals surface area contributed by atoms with Crippen molar-refractivity contribution in [1.82, 2.24) is 4.90 Å². The van der Waals surface area contributed by atoms with E-state index >= 15 is 0 Å². The second kappa shape index (κ2) is 8.57. The van der Waals surface area contributed by atoms with Gasteiger partial charge in [0.2, 0.25) is 5.91 Å². The number of rotatable bonds is 7. The van der Waals surface area contributed by atoms with Crippen LogP contribution >= 0.6 is 11.8 Å². The summed E-state index contributed by atoms with van der Waals surface area (Å²) in [7, 11) is 3.27. The van der Waals surface area contributed by atoms with E-state index in [-0.39, 0.29) is 17.4 Å². The lowest BCUT2D eigenvalue weighted by atomic mass is 10.1. The van der Waals surface area contributed by atoms with Gasteiger partial charge in [0, 0.05) is 6.54 Å². The number of methoxy groups -OCH3 is 2. The van der Waals surface area contributed by atoms with E-state index < -0.39 is 0 Å². The minimum Gasteiger partial charge on any atom is -0.496 e. The van der Waals surface area contributed by atoms with Crippen molar-refractivity contribution in [3.63, 3.8) is 0 Å². The predicted molar refractivity (Wildman–Crippen MR) is 108 cm³/mol. The van der Waals surface area contributed by atoms with E-state index in [1.165, 1.54) is 0 Å². The Balaban J connectivity index is 1.85. The monoisotopic (exact) mass is 387 g/mol. The van der Waals surface area contributed by atoms with E-state index in [1.807, 2.05) is 61.2 Å². The van der Waals surface area contributed by atoms with Gasteiger partial charge in [-0.05, 0) is 43.7 Å². The van der Waals surface area contributed by atoms with Gasteiger partial charge in [0.1, 0.15) is 22.6 Å². The molecule has 5 nitrogen and oxygen atoms in total. The Morgan fingerprint density at radius 1 is 1.07 bits per heavy atom. The molecule has 2 aromatic rings. The molecule has 0 radical (unpaired) electrons. The average Bonchev–Trinajstić information content (AvgIpc) is 3.02. The largest absolute Gasteiger partial charge is 0.496 e. The highest BCUT2D eigenvalue weighted by Crippen LogP contribution is 2.47. The summed E-state index contributed by atoms with van der Waals surface area (Å²) in [4.78, 5) is 14.5. The maximum atomic E-state index is 12.6. The smallest absolute Gasteiger partial charge is 0.234 e. The minimum absolute atomic E-state index is 0.112. The molecule has 0 spiro atoms. The molecule has 27 heavy (non-hydrogen) atoms. The highest BCUT2D eigenvalue weighted by atomic mass is 32.2. The lowest BCUT2D eigenvalue weighted by Crippen LogP contribution is -2.28. The van der Waals surface area contributed by atoms with Crippen LogP contribution in [-0.2, 0) is 11.3 Å². The fraction of sp³-hybridized carbons (Fsp3) is 0.381. The first-order chi connectivity index (χ1) is 13.0. The van der Waals surface area contributed by atoms with Gasteiger partial charge in [-0.2, -0.15) is 0 Å². The lowest BCUT2D eigenvalue weighted by Gasteiger charge is -2.27. The van der Waals surface area contributed by atoms with Gasteiger partial charge >= 0.3 is 0 Å². The van der Waals surface area contributed by atoms with Gasteiger partial charge < -0.3 is 19.1 Å². The summed E-state index contributed by atoms with van der Waals surface area (Å²) in [5.74, 6) is 2.85. The van der Waals surface area contributed by atoms with Crippen LogP contribution in [0.3, 0.4) is 0 Å². The summed E-state index contributed by atoms with van der Waals surface area (Å²) >= 11 is 1.59. The van der Waals surface area contributed by atoms with Gasteiger partial charge in [0.15, 0.2) is 0 Å². The van der Waals surface area contributed by atoms with Crippen molar-refractivity contribution in [2.75, 3.05) is 20.0 Å². The molecule has 1 atom stereocenters. The number of hydrogen-bond donors (Lipinski definition) is 0. The van der Waals surface area contributed by atoms with Gasteiger partial charge in [-0.3, -0.25) is 4.79 Å². The first-order valence-corrected chi connectivity index (χ1v) is 9.96. The molecular formula is C21H25NO4S. The number of thioether (sulfide) groups is 1. The normalized spacial score (nSPS) is 16.7. The lowest BCUT2D eigenvalue weighted by molar-refractivity contribution is -0.128. The summed E-state index contributed by atoms with van der Waals surface area (Å²) in [6.45, 7) is 4.53. The molecule has 144 valence electrons. The number of carbonyl (C=O) groups is 1. The molecule has 1 aliphatic heterocycles. The van der Waals surface area contributed by atoms with E-state index in [1.54, 1.807) is 26.0 Å². The van der Waals surface area contributed by atoms with E-state index in [2.05, 4.69) is 0 Å². The van der Waals surface area contributed by atoms with Crippen molar-refractivity contribution in [2.24, 2.45) is 0 Å². The molecular weight excluding hydrogens is 362 g/mol. The Kier molecular flexibility index (Phi) is 6.16. The molecule has 1 heterocycles. The number of hydrogen-bond acceptors (Lipinski definition) is 5. The first kappa shape index (κ1) is 19.4. The molecule has 0 bridgehead atoms. The minimum atomic E-state index is -0.143. The summed E-state index contributed by atoms with van der Waals surface area (Å²) in [6, 6.07) is 13.6. The number of ether oxygens (including phenoxy) is 3. The van der Waals surface area contributed by atoms with Crippen molar-refractivity contribution in [1.29, 1.82) is 0 Å². The first-order valence-electron chi connectivity index (χ1n) is 8.91. The number of amides is 1. The van der Waals surface area contributed by atoms with Crippen LogP contribution in [0, 0.1) is 0 Å². The summed E-state index contributed by atoms with van der Waals surface area (Å²) < 4.78 is 16.8. The van der Waals surface area contributed by atoms with E-state index in [0.717, 1.165) is 28.4 Å². The standard InChI is InChI=1S/C21H25NO4S/c1-14(2)26-16-10-8-15(9-11-16)12-22-19(23)13-27-21(22)20-17(24-3)6-5-7-18(20)25-4/h5-11,14,21H,12-13H2,1-4H3. The number of carbonyl (C=O) groups excluding carboxylic acids is 1. The Bertz CT molecular complexity index is 769. The fourth-order valence-electron chi connectivity index (χ4n) is 3.13. The SMILES string of the molecule is COc1cccc(OC)c1C1SCC(=O)N1Cc1ccc(OC(C)C)cc1. The Morgan fingerprint density at radius 2 is 1.70 bits per heavy atom. The van der Waals surface area contributed by atoms with Crippen LogP contribution in [0.4, 0.5) is 0 Å². The van der Waals surface area contributed by atoms with Crippen LogP contribution in [0.5, 0.6) is 17.2 Å². The van der Waals surface area contributed by atoms with Crippen LogP contribution in [0.2, 0.25) is 0 Å². The molecule has 1 saturated heterocycles. The highest BCUT2D eigenvalue weighted by molar-refractivity contribution is 8.00. The van der Waals surface area contributed by atoms with Crippen LogP contribution < -0.4 is 14.2 Å². The Hall–Kier alpha value is -2.34. The van der Waals surface area contributed by atoms with Crippen molar-refractivity contribution >= 4 is 17.7 Å². The van der Waals surface area contributed by atoms with Gasteiger partial charge in [-0.1, -0.05) is 18.2 Å². The maximum Gasteiger partial charge on any atom is 0.234 e. The topological polar surface area (TPSA) is 48.0 Å². The molecule has 1 amide bonds. The predicted octanol–water partition coefficient (Wildman–Crippen LogP) is 4.27. The van der Waals surface area contributed by atoms with Gasteiger partial charge in [0.05, 0.1) is 31.6 Å². The third-order valence-electron chi connectivity index (χ3n) is 4.33. The van der Waals surface area contributed by atoms with Crippen LogP contribution in [0.15, 0.2) is 42.5 Å². The van der Waals surface area contributed by atoms with Crippen molar-refractivity contribution in [3.05, 3.63) is 53.6 Å². The summed E-state index contributed by atoms with van der Waals surface area (Å²) in [5.41, 5.74) is 1.96. The molecule has 0 aromatic heterocycles. The maximum absolute atomic E-state index is 12.6. The molecule has 1 fully saturated rings. The van der Waals surface area contributed by atoms with Crippen molar-refractivity contribution in [2.45, 2.75) is 31.9 Å². The Morgan fingerprint density at radius 3 is 2.26 bits per heavy atom. The molecule has 0 aliphatic carbocycles. The van der Waals surface area contributed by atoms with Crippen LogP contribution in [0.25, 0.3) is 0 Å². The molecule has 3 rings (SSSR count). The second-order valence-corrected chi connectivity index (χ2v) is 7.64. The summed E-state index contributed by atoms with van der Waals surface area (Å²) in [6.07, 6.45) is 0.134. The van der Waals surface area contributed by atoms with Gasteiger partial charge in [-0.15, -0.1) is 11.8 Å². The molecule has 6 heteroatoms. The zero-order valence-electron chi connectivity index (χ0n) is 16.1. The summed E-state index contributed by atoms with van der Waals surface area (Å²) in [5, 5.41) is -0.143. The third kappa shape index (κ3) is 4.33. The van der Waals surface area contributed by atoms with E-state index in [4.69, 9.17) is 14.2 Å². The highest BCUT2D eigenvalue weighted by Gasteiger charge is 2.36. The molecule has 0 saturated carbocycles. The molecule has 1 unspecified atom stereocenters. The fourth-order valence-corrected chi connectivity index (χ4v) is 4.37. The van der Waals surface area contributed by atoms with Gasteiger partial charge in [-0.25, -0.2) is 0 Å². The third-order valence-corrected chi connectivity index (χ3v) is 5.55. The number of nitrogens with zero attached hydrogens (tertiary/aromatic N) is 1. The average molecular weight is 388 g/mol. The quantitative estimate of drug-likeness (QED) is 0.710. The van der Waals surface area contributed by atoms with Crippen molar-refractivity contribution < 1.29 is 19.0 Å². The zero-order chi connectivity index (χ0) is 19.4. The zero-order valence-corrected chi connectivity index (χ0v) is 16.9. The Labute approximate surface area is 164 Å². The molecule has 1 aliphatic rings. The van der Waals surface area contributed by atoms with E-state index in [0.29, 0.717) is 12.3 Å². The number of benzene rings is 2. The van der Waals surface area contributed by atoms with Crippen molar-refractivity contribution in [3.8, 4) is 17.2 Å². The molecule has 2 aromatic carbocycles. The molecule has 0 N–H and O–H groups in total. The van der Waals surface area contributed by atoms with Crippen LogP contribution in [-0.4, -0.2) is 36.9 Å². The van der Waals surface area contributed by atoms with Crippen LogP contribution in [0.1, 0.15) is 30.3 Å². The van der Waals surface area contributed by atoms with Gasteiger partial charge in [0.25, 0.3) is 0 Å².